The van der Waals surface area contributed by atoms with Crippen molar-refractivity contribution < 1.29 is 22.9 Å². The summed E-state index contributed by atoms with van der Waals surface area (Å²) in [7, 11) is -4.38. The molecule has 0 aliphatic carbocycles. The highest BCUT2D eigenvalue weighted by Crippen LogP contribution is 2.16. The normalized spacial score (nSPS) is 11.2. The van der Waals surface area contributed by atoms with Gasteiger partial charge in [0, 0.05) is 0 Å². The molecule has 5 N–H and O–H groups in total. The number of rotatable bonds is 6. The van der Waals surface area contributed by atoms with E-state index in [1.54, 1.807) is 12.1 Å². The van der Waals surface area contributed by atoms with E-state index in [1.807, 2.05) is 19.1 Å². The molecule has 0 unspecified atom stereocenters. The van der Waals surface area contributed by atoms with Gasteiger partial charge in [-0.1, -0.05) is 17.7 Å². The van der Waals surface area contributed by atoms with Crippen LogP contribution in [0.5, 0.6) is 0 Å². The lowest BCUT2D eigenvalue weighted by Crippen LogP contribution is -2.21. The number of aromatic carboxylic acids is 1. The van der Waals surface area contributed by atoms with Gasteiger partial charge in [0.25, 0.3) is 15.7 Å². The SMILES string of the molecule is Cc1ccc(NNc2c(C(=O)O)[nH]n(-c3ccc(S(=O)(=O)O)cc3)c2=O)cc1. The third-order valence-corrected chi connectivity index (χ3v) is 4.75. The van der Waals surface area contributed by atoms with Crippen molar-refractivity contribution in [1.82, 2.24) is 9.78 Å². The molecule has 11 heteroatoms. The number of benzene rings is 2. The van der Waals surface area contributed by atoms with E-state index >= 15 is 0 Å². The number of aromatic nitrogens is 2. The van der Waals surface area contributed by atoms with E-state index in [4.69, 9.17) is 4.55 Å². The molecule has 3 rings (SSSR count). The number of carbonyl (C=O) groups is 1. The number of H-pyrrole nitrogens is 1. The highest BCUT2D eigenvalue weighted by molar-refractivity contribution is 7.85. The fourth-order valence-electron chi connectivity index (χ4n) is 2.43. The standard InChI is InChI=1S/C17H16N4O6S/c1-10-2-4-11(5-3-10)18-19-14-15(17(23)24)20-21(16(14)22)12-6-8-13(9-7-12)28(25,26)27/h2-9,18-20H,1H3,(H,23,24)(H,25,26,27). The van der Waals surface area contributed by atoms with Crippen molar-refractivity contribution in [3.8, 4) is 5.69 Å². The zero-order chi connectivity index (χ0) is 20.5. The van der Waals surface area contributed by atoms with Crippen molar-refractivity contribution in [2.24, 2.45) is 0 Å². The molecule has 10 nitrogen and oxygen atoms in total. The van der Waals surface area contributed by atoms with Gasteiger partial charge in [0.1, 0.15) is 0 Å². The third kappa shape index (κ3) is 3.89. The molecular formula is C17H16N4O6S. The summed E-state index contributed by atoms with van der Waals surface area (Å²) in [6.07, 6.45) is 0. The van der Waals surface area contributed by atoms with Crippen molar-refractivity contribution in [2.75, 3.05) is 10.9 Å². The molecule has 1 aromatic heterocycles. The molecule has 2 aromatic carbocycles. The Balaban J connectivity index is 1.96. The highest BCUT2D eigenvalue weighted by Gasteiger charge is 2.21. The average Bonchev–Trinajstić information content (AvgIpc) is 2.97. The maximum Gasteiger partial charge on any atom is 0.356 e. The van der Waals surface area contributed by atoms with E-state index in [9.17, 15) is 23.1 Å². The lowest BCUT2D eigenvalue weighted by molar-refractivity contribution is 0.0691. The van der Waals surface area contributed by atoms with Gasteiger partial charge >= 0.3 is 5.97 Å². The molecule has 0 amide bonds. The van der Waals surface area contributed by atoms with Gasteiger partial charge in [-0.3, -0.25) is 19.9 Å². The van der Waals surface area contributed by atoms with Gasteiger partial charge in [0.05, 0.1) is 16.3 Å². The number of hydrazine groups is 1. The number of aromatic amines is 1. The molecule has 1 heterocycles. The predicted molar refractivity (Wildman–Crippen MR) is 102 cm³/mol. The summed E-state index contributed by atoms with van der Waals surface area (Å²) in [4.78, 5) is 23.8. The minimum Gasteiger partial charge on any atom is -0.476 e. The molecule has 0 aliphatic rings. The Bertz CT molecular complexity index is 1180. The van der Waals surface area contributed by atoms with E-state index in [2.05, 4.69) is 16.0 Å². The van der Waals surface area contributed by atoms with Crippen LogP contribution in [0.3, 0.4) is 0 Å². The largest absolute Gasteiger partial charge is 0.476 e. The molecule has 28 heavy (non-hydrogen) atoms. The zero-order valence-corrected chi connectivity index (χ0v) is 15.3. The third-order valence-electron chi connectivity index (χ3n) is 3.88. The summed E-state index contributed by atoms with van der Waals surface area (Å²) in [5.74, 6) is -1.36. The molecule has 0 aliphatic heterocycles. The molecule has 146 valence electrons. The Labute approximate surface area is 159 Å². The number of aryl methyl sites for hydroxylation is 1. The molecule has 0 radical (unpaired) electrons. The van der Waals surface area contributed by atoms with Crippen LogP contribution in [-0.4, -0.2) is 33.8 Å². The first-order chi connectivity index (χ1) is 13.2. The molecule has 0 atom stereocenters. The van der Waals surface area contributed by atoms with Crippen LogP contribution in [0.4, 0.5) is 11.4 Å². The van der Waals surface area contributed by atoms with Crippen LogP contribution >= 0.6 is 0 Å². The molecular weight excluding hydrogens is 388 g/mol. The van der Waals surface area contributed by atoms with Crippen LogP contribution < -0.4 is 16.4 Å². The van der Waals surface area contributed by atoms with Crippen LogP contribution in [0.2, 0.25) is 0 Å². The second-order valence-corrected chi connectivity index (χ2v) is 7.31. The molecule has 0 saturated heterocycles. The number of hydrogen-bond donors (Lipinski definition) is 5. The quantitative estimate of drug-likeness (QED) is 0.308. The van der Waals surface area contributed by atoms with Gasteiger partial charge in [-0.15, -0.1) is 0 Å². The second-order valence-electron chi connectivity index (χ2n) is 5.89. The van der Waals surface area contributed by atoms with E-state index in [1.165, 1.54) is 12.1 Å². The molecule has 0 bridgehead atoms. The molecule has 0 fully saturated rings. The summed E-state index contributed by atoms with van der Waals surface area (Å²) >= 11 is 0. The lowest BCUT2D eigenvalue weighted by Gasteiger charge is -2.08. The van der Waals surface area contributed by atoms with Crippen molar-refractivity contribution >= 4 is 27.5 Å². The van der Waals surface area contributed by atoms with Crippen LogP contribution in [0.15, 0.2) is 58.2 Å². The van der Waals surface area contributed by atoms with Crippen LogP contribution in [0.1, 0.15) is 16.1 Å². The van der Waals surface area contributed by atoms with Gasteiger partial charge < -0.3 is 10.5 Å². The van der Waals surface area contributed by atoms with Gasteiger partial charge in [0.2, 0.25) is 0 Å². The molecule has 0 saturated carbocycles. The van der Waals surface area contributed by atoms with Gasteiger partial charge in [0.15, 0.2) is 11.4 Å². The van der Waals surface area contributed by atoms with Gasteiger partial charge in [-0.05, 0) is 43.3 Å². The monoisotopic (exact) mass is 404 g/mol. The number of carboxylic acids is 1. The summed E-state index contributed by atoms with van der Waals surface area (Å²) in [6.45, 7) is 1.91. The lowest BCUT2D eigenvalue weighted by atomic mass is 10.2. The maximum absolute atomic E-state index is 12.7. The van der Waals surface area contributed by atoms with Gasteiger partial charge in [-0.2, -0.15) is 8.42 Å². The average molecular weight is 404 g/mol. The summed E-state index contributed by atoms with van der Waals surface area (Å²) < 4.78 is 32.2. The number of anilines is 2. The van der Waals surface area contributed by atoms with Crippen molar-refractivity contribution in [3.05, 3.63) is 70.1 Å². The minimum absolute atomic E-state index is 0.184. The van der Waals surface area contributed by atoms with Gasteiger partial charge in [-0.25, -0.2) is 9.48 Å². The summed E-state index contributed by atoms with van der Waals surface area (Å²) in [6, 6.07) is 11.9. The fraction of sp³-hybridized carbons (Fsp3) is 0.0588. The Morgan fingerprint density at radius 1 is 1.04 bits per heavy atom. The first-order valence-electron chi connectivity index (χ1n) is 7.92. The first-order valence-corrected chi connectivity index (χ1v) is 9.36. The van der Waals surface area contributed by atoms with Crippen LogP contribution in [0.25, 0.3) is 5.69 Å². The van der Waals surface area contributed by atoms with Crippen molar-refractivity contribution in [1.29, 1.82) is 0 Å². The molecule has 0 spiro atoms. The Kier molecular flexibility index (Phi) is 4.94. The van der Waals surface area contributed by atoms with Crippen molar-refractivity contribution in [2.45, 2.75) is 11.8 Å². The highest BCUT2D eigenvalue weighted by atomic mass is 32.2. The molecule has 3 aromatic rings. The number of nitrogens with zero attached hydrogens (tertiary/aromatic N) is 1. The minimum atomic E-state index is -4.38. The topological polar surface area (TPSA) is 154 Å². The first kappa shape index (κ1) is 19.2. The van der Waals surface area contributed by atoms with Crippen LogP contribution in [-0.2, 0) is 10.1 Å². The zero-order valence-electron chi connectivity index (χ0n) is 14.5. The smallest absolute Gasteiger partial charge is 0.356 e. The predicted octanol–water partition coefficient (Wildman–Crippen LogP) is 1.86. The van der Waals surface area contributed by atoms with E-state index in [-0.39, 0.29) is 22.0 Å². The number of hydrogen-bond acceptors (Lipinski definition) is 6. The Morgan fingerprint density at radius 3 is 2.18 bits per heavy atom. The van der Waals surface area contributed by atoms with Crippen molar-refractivity contribution in [3.63, 3.8) is 0 Å². The Hall–Kier alpha value is -3.57. The van der Waals surface area contributed by atoms with E-state index < -0.39 is 21.6 Å². The summed E-state index contributed by atoms with van der Waals surface area (Å²) in [5, 5.41) is 11.8. The summed E-state index contributed by atoms with van der Waals surface area (Å²) in [5.41, 5.74) is 5.88. The second kappa shape index (κ2) is 7.21. The maximum atomic E-state index is 12.7. The number of carboxylic acid groups (broad SMARTS) is 1. The fourth-order valence-corrected chi connectivity index (χ4v) is 2.91. The Morgan fingerprint density at radius 2 is 1.64 bits per heavy atom. The van der Waals surface area contributed by atoms with E-state index in [0.717, 1.165) is 22.4 Å². The van der Waals surface area contributed by atoms with E-state index in [0.29, 0.717) is 5.69 Å². The van der Waals surface area contributed by atoms with Crippen LogP contribution in [0, 0.1) is 6.92 Å². The number of nitrogens with one attached hydrogen (secondary N) is 3.